The number of anilines is 1. The van der Waals surface area contributed by atoms with Gasteiger partial charge in [-0.25, -0.2) is 0 Å². The van der Waals surface area contributed by atoms with Crippen LogP contribution in [-0.4, -0.2) is 19.0 Å². The molecule has 0 aromatic heterocycles. The van der Waals surface area contributed by atoms with Crippen LogP contribution in [0.15, 0.2) is 49.6 Å². The maximum atomic E-state index is 12.6. The van der Waals surface area contributed by atoms with Crippen LogP contribution in [0.3, 0.4) is 0 Å². The second-order valence-electron chi connectivity index (χ2n) is 4.83. The molecule has 2 N–H and O–H groups in total. The van der Waals surface area contributed by atoms with Crippen molar-refractivity contribution >= 4 is 11.6 Å². The van der Waals surface area contributed by atoms with E-state index in [1.807, 2.05) is 43.5 Å². The zero-order valence-electron chi connectivity index (χ0n) is 11.3. The first kappa shape index (κ1) is 13.6. The number of hydrogen-bond acceptors (Lipinski definition) is 2. The summed E-state index contributed by atoms with van der Waals surface area (Å²) in [5, 5.41) is 6.25. The second kappa shape index (κ2) is 5.41. The van der Waals surface area contributed by atoms with E-state index in [4.69, 9.17) is 0 Å². The maximum Gasteiger partial charge on any atom is 0.237 e. The van der Waals surface area contributed by atoms with E-state index < -0.39 is 5.41 Å². The van der Waals surface area contributed by atoms with Crippen molar-refractivity contribution in [3.8, 4) is 0 Å². The van der Waals surface area contributed by atoms with Crippen molar-refractivity contribution in [1.82, 2.24) is 5.32 Å². The van der Waals surface area contributed by atoms with Crippen molar-refractivity contribution in [3.05, 3.63) is 55.1 Å². The minimum Gasteiger partial charge on any atom is -0.325 e. The Morgan fingerprint density at radius 1 is 1.37 bits per heavy atom. The lowest BCUT2D eigenvalue weighted by Gasteiger charge is -2.34. The Hall–Kier alpha value is -1.87. The molecule has 100 valence electrons. The van der Waals surface area contributed by atoms with Crippen LogP contribution < -0.4 is 10.6 Å². The fraction of sp³-hybridized carbons (Fsp3) is 0.312. The molecule has 0 spiro atoms. The van der Waals surface area contributed by atoms with Crippen LogP contribution in [0.1, 0.15) is 18.4 Å². The third kappa shape index (κ3) is 2.00. The highest BCUT2D eigenvalue weighted by Gasteiger charge is 2.50. The molecular weight excluding hydrogens is 236 g/mol. The zero-order chi connectivity index (χ0) is 13.9. The molecule has 3 heteroatoms. The third-order valence-corrected chi connectivity index (χ3v) is 3.87. The molecule has 0 fully saturated rings. The molecule has 19 heavy (non-hydrogen) atoms. The Balaban J connectivity index is 2.58. The normalized spacial score (nSPS) is 22.5. The van der Waals surface area contributed by atoms with E-state index in [1.54, 1.807) is 0 Å². The molecule has 1 heterocycles. The summed E-state index contributed by atoms with van der Waals surface area (Å²) in [6, 6.07) is 7.87. The van der Waals surface area contributed by atoms with Crippen LogP contribution in [0.2, 0.25) is 0 Å². The van der Waals surface area contributed by atoms with E-state index in [0.717, 1.165) is 17.7 Å². The Labute approximate surface area is 114 Å². The summed E-state index contributed by atoms with van der Waals surface area (Å²) < 4.78 is 0. The van der Waals surface area contributed by atoms with E-state index in [2.05, 4.69) is 23.8 Å². The summed E-state index contributed by atoms with van der Waals surface area (Å²) in [4.78, 5) is 12.6. The van der Waals surface area contributed by atoms with Crippen LogP contribution in [0, 0.1) is 0 Å². The molecule has 0 saturated heterocycles. The number of carbonyl (C=O) groups excluding carboxylic acids is 1. The second-order valence-corrected chi connectivity index (χ2v) is 4.83. The summed E-state index contributed by atoms with van der Waals surface area (Å²) >= 11 is 0. The van der Waals surface area contributed by atoms with Gasteiger partial charge in [-0.3, -0.25) is 4.79 Å². The van der Waals surface area contributed by atoms with Gasteiger partial charge in [-0.1, -0.05) is 30.4 Å². The number of hydrogen-bond donors (Lipinski definition) is 2. The average molecular weight is 256 g/mol. The van der Waals surface area contributed by atoms with E-state index in [9.17, 15) is 4.79 Å². The number of rotatable bonds is 6. The number of fused-ring (bicyclic) bond motifs is 1. The monoisotopic (exact) mass is 256 g/mol. The molecule has 1 aliphatic rings. The van der Waals surface area contributed by atoms with Crippen LogP contribution in [-0.2, 0) is 10.2 Å². The Bertz CT molecular complexity index is 509. The van der Waals surface area contributed by atoms with Crippen LogP contribution in [0.4, 0.5) is 5.69 Å². The van der Waals surface area contributed by atoms with Crippen LogP contribution >= 0.6 is 0 Å². The van der Waals surface area contributed by atoms with Gasteiger partial charge >= 0.3 is 0 Å². The number of benzene rings is 1. The number of likely N-dealkylation sites (N-methyl/N-ethyl adjacent to an activating group) is 1. The molecular formula is C16H20N2O. The molecule has 0 radical (unpaired) electrons. The van der Waals surface area contributed by atoms with Gasteiger partial charge in [0.25, 0.3) is 0 Å². The Kier molecular flexibility index (Phi) is 3.86. The van der Waals surface area contributed by atoms with Crippen molar-refractivity contribution < 1.29 is 4.79 Å². The van der Waals surface area contributed by atoms with Crippen LogP contribution in [0.25, 0.3) is 0 Å². The van der Waals surface area contributed by atoms with Gasteiger partial charge in [0.2, 0.25) is 5.91 Å². The summed E-state index contributed by atoms with van der Waals surface area (Å²) in [7, 11) is 1.88. The largest absolute Gasteiger partial charge is 0.325 e. The molecule has 2 rings (SSSR count). The minimum atomic E-state index is -0.596. The first-order valence-corrected chi connectivity index (χ1v) is 6.50. The van der Waals surface area contributed by atoms with Gasteiger partial charge in [0.15, 0.2) is 0 Å². The van der Waals surface area contributed by atoms with Gasteiger partial charge < -0.3 is 10.6 Å². The van der Waals surface area contributed by atoms with Gasteiger partial charge in [0, 0.05) is 11.7 Å². The first-order valence-electron chi connectivity index (χ1n) is 6.50. The average Bonchev–Trinajstić information content (AvgIpc) is 2.70. The summed E-state index contributed by atoms with van der Waals surface area (Å²) in [6.45, 7) is 7.61. The van der Waals surface area contributed by atoms with Gasteiger partial charge in [-0.2, -0.15) is 0 Å². The summed E-state index contributed by atoms with van der Waals surface area (Å²) in [5.74, 6) is 0.0369. The molecule has 1 aliphatic heterocycles. The lowest BCUT2D eigenvalue weighted by atomic mass is 9.71. The number of carbonyl (C=O) groups is 1. The van der Waals surface area contributed by atoms with E-state index in [0.29, 0.717) is 6.42 Å². The van der Waals surface area contributed by atoms with Gasteiger partial charge in [0.05, 0.1) is 5.41 Å². The Morgan fingerprint density at radius 2 is 2.11 bits per heavy atom. The SMILES string of the molecule is C=CCC(NC)C1(CC=C)C(=O)Nc2ccccc21. The minimum absolute atomic E-state index is 0.00616. The standard InChI is InChI=1S/C16H20N2O/c1-4-8-14(17-3)16(11-5-2)12-9-6-7-10-13(12)18-15(16)19/h4-7,9-10,14,17H,1-2,8,11H2,3H3,(H,18,19). The van der Waals surface area contributed by atoms with Gasteiger partial charge in [-0.05, 0) is 31.5 Å². The fourth-order valence-corrected chi connectivity index (χ4v) is 2.99. The van der Waals surface area contributed by atoms with Crippen molar-refractivity contribution in [1.29, 1.82) is 0 Å². The lowest BCUT2D eigenvalue weighted by molar-refractivity contribution is -0.121. The number of amides is 1. The summed E-state index contributed by atoms with van der Waals surface area (Å²) in [5.41, 5.74) is 1.35. The molecule has 0 saturated carbocycles. The smallest absolute Gasteiger partial charge is 0.237 e. The van der Waals surface area contributed by atoms with Crippen molar-refractivity contribution in [2.24, 2.45) is 0 Å². The molecule has 0 bridgehead atoms. The Morgan fingerprint density at radius 3 is 2.74 bits per heavy atom. The number of allylic oxidation sites excluding steroid dienone is 1. The lowest BCUT2D eigenvalue weighted by Crippen LogP contribution is -2.51. The maximum absolute atomic E-state index is 12.6. The van der Waals surface area contributed by atoms with Crippen molar-refractivity contribution in [2.45, 2.75) is 24.3 Å². The van der Waals surface area contributed by atoms with Crippen molar-refractivity contribution in [2.75, 3.05) is 12.4 Å². The first-order chi connectivity index (χ1) is 9.20. The molecule has 0 aliphatic carbocycles. The zero-order valence-corrected chi connectivity index (χ0v) is 11.3. The van der Waals surface area contributed by atoms with Crippen molar-refractivity contribution in [3.63, 3.8) is 0 Å². The fourth-order valence-electron chi connectivity index (χ4n) is 2.99. The van der Waals surface area contributed by atoms with E-state index in [1.165, 1.54) is 0 Å². The highest BCUT2D eigenvalue weighted by molar-refractivity contribution is 6.07. The molecule has 1 aromatic rings. The quantitative estimate of drug-likeness (QED) is 0.768. The molecule has 1 amide bonds. The summed E-state index contributed by atoms with van der Waals surface area (Å²) in [6.07, 6.45) is 5.00. The molecule has 2 unspecified atom stereocenters. The predicted molar refractivity (Wildman–Crippen MR) is 79.2 cm³/mol. The number of nitrogens with one attached hydrogen (secondary N) is 2. The van der Waals surface area contributed by atoms with E-state index in [-0.39, 0.29) is 11.9 Å². The van der Waals surface area contributed by atoms with E-state index >= 15 is 0 Å². The molecule has 3 nitrogen and oxygen atoms in total. The predicted octanol–water partition coefficient (Wildman–Crippen LogP) is 2.62. The van der Waals surface area contributed by atoms with Gasteiger partial charge in [0.1, 0.15) is 0 Å². The topological polar surface area (TPSA) is 41.1 Å². The van der Waals surface area contributed by atoms with Crippen LogP contribution in [0.5, 0.6) is 0 Å². The number of para-hydroxylation sites is 1. The molecule has 2 atom stereocenters. The highest BCUT2D eigenvalue weighted by Crippen LogP contribution is 2.43. The molecule has 1 aromatic carbocycles. The third-order valence-electron chi connectivity index (χ3n) is 3.87. The van der Waals surface area contributed by atoms with Gasteiger partial charge in [-0.15, -0.1) is 13.2 Å². The highest BCUT2D eigenvalue weighted by atomic mass is 16.2.